The highest BCUT2D eigenvalue weighted by Gasteiger charge is 2.23. The maximum atomic E-state index is 13.3. The van der Waals surface area contributed by atoms with Gasteiger partial charge in [0.15, 0.2) is 0 Å². The second-order valence-corrected chi connectivity index (χ2v) is 8.21. The summed E-state index contributed by atoms with van der Waals surface area (Å²) in [5.41, 5.74) is 4.27. The molecular weight excluding hydrogens is 412 g/mol. The van der Waals surface area contributed by atoms with E-state index in [0.717, 1.165) is 29.3 Å². The molecular formula is C27H32N4O2. The first-order valence-corrected chi connectivity index (χ1v) is 11.1. The van der Waals surface area contributed by atoms with Crippen LogP contribution in [0.5, 0.6) is 0 Å². The van der Waals surface area contributed by atoms with Crippen molar-refractivity contribution < 1.29 is 12.4 Å². The lowest BCUT2D eigenvalue weighted by atomic mass is 10.0. The first-order valence-electron chi connectivity index (χ1n) is 11.1. The molecule has 4 rings (SSSR count). The minimum Gasteiger partial charge on any atom is -0.340 e. The molecule has 2 amide bonds. The zero-order valence-electron chi connectivity index (χ0n) is 18.9. The van der Waals surface area contributed by atoms with Crippen LogP contribution >= 0.6 is 0 Å². The van der Waals surface area contributed by atoms with E-state index in [1.165, 1.54) is 5.56 Å². The van der Waals surface area contributed by atoms with Crippen LogP contribution in [0, 0.1) is 6.92 Å². The summed E-state index contributed by atoms with van der Waals surface area (Å²) in [6.07, 6.45) is 3.87. The predicted octanol–water partition coefficient (Wildman–Crippen LogP) is 5.13. The van der Waals surface area contributed by atoms with Gasteiger partial charge in [-0.3, -0.25) is 14.3 Å². The number of aryl methyl sites for hydroxylation is 3. The fourth-order valence-electron chi connectivity index (χ4n) is 3.99. The SMILES string of the molecule is Cc1ccccc1C(=O)NC(CCCc1ccccc1)C(=O)Nc1cccc2c1cnn2C.[HH].[HH]. The third-order valence-corrected chi connectivity index (χ3v) is 5.86. The van der Waals surface area contributed by atoms with Crippen molar-refractivity contribution in [2.45, 2.75) is 32.2 Å². The molecule has 0 aliphatic rings. The molecule has 0 aliphatic heterocycles. The Bertz CT molecular complexity index is 1270. The summed E-state index contributed by atoms with van der Waals surface area (Å²) >= 11 is 0. The minimum atomic E-state index is -0.659. The second kappa shape index (κ2) is 10.1. The normalized spacial score (nSPS) is 11.8. The van der Waals surface area contributed by atoms with Crippen molar-refractivity contribution in [2.24, 2.45) is 7.05 Å². The number of benzene rings is 3. The van der Waals surface area contributed by atoms with E-state index in [2.05, 4.69) is 27.9 Å². The van der Waals surface area contributed by atoms with Crippen molar-refractivity contribution in [3.8, 4) is 0 Å². The molecule has 1 unspecified atom stereocenters. The number of fused-ring (bicyclic) bond motifs is 1. The zero-order valence-corrected chi connectivity index (χ0v) is 18.9. The number of nitrogens with zero attached hydrogens (tertiary/aromatic N) is 2. The van der Waals surface area contributed by atoms with Gasteiger partial charge in [0.05, 0.1) is 17.4 Å². The van der Waals surface area contributed by atoms with Crippen LogP contribution in [0.1, 0.15) is 37.2 Å². The number of aromatic nitrogens is 2. The van der Waals surface area contributed by atoms with Crippen molar-refractivity contribution in [2.75, 3.05) is 5.32 Å². The van der Waals surface area contributed by atoms with Crippen LogP contribution in [-0.4, -0.2) is 27.6 Å². The van der Waals surface area contributed by atoms with Crippen molar-refractivity contribution in [3.05, 3.63) is 95.7 Å². The van der Waals surface area contributed by atoms with E-state index >= 15 is 0 Å². The molecule has 6 nitrogen and oxygen atoms in total. The van der Waals surface area contributed by atoms with Crippen LogP contribution in [0.2, 0.25) is 0 Å². The van der Waals surface area contributed by atoms with Gasteiger partial charge < -0.3 is 10.6 Å². The van der Waals surface area contributed by atoms with Gasteiger partial charge in [-0.2, -0.15) is 5.10 Å². The standard InChI is InChI=1S/C27H28N4O2.2H2/c1-19-10-6-7-14-21(19)26(32)30-24(16-8-13-20-11-4-3-5-12-20)27(33)29-23-15-9-17-25-22(23)18-28-31(25)2;;/h3-7,9-12,14-15,17-18,24H,8,13,16H2,1-2H3,(H,29,33)(H,30,32);2*1H. The summed E-state index contributed by atoms with van der Waals surface area (Å²) in [5.74, 6) is -0.478. The summed E-state index contributed by atoms with van der Waals surface area (Å²) in [4.78, 5) is 26.3. The second-order valence-electron chi connectivity index (χ2n) is 8.21. The van der Waals surface area contributed by atoms with Crippen LogP contribution in [0.4, 0.5) is 5.69 Å². The molecule has 4 aromatic rings. The molecule has 1 heterocycles. The molecule has 1 aromatic heterocycles. The average molecular weight is 445 g/mol. The van der Waals surface area contributed by atoms with Gasteiger partial charge in [0, 0.05) is 20.9 Å². The lowest BCUT2D eigenvalue weighted by Gasteiger charge is -2.19. The van der Waals surface area contributed by atoms with E-state index in [9.17, 15) is 9.59 Å². The molecule has 0 fully saturated rings. The Hall–Kier alpha value is -3.93. The molecule has 1 atom stereocenters. The fraction of sp³-hybridized carbons (Fsp3) is 0.222. The number of carbonyl (C=O) groups is 2. The van der Waals surface area contributed by atoms with Gasteiger partial charge in [-0.25, -0.2) is 0 Å². The molecule has 172 valence electrons. The molecule has 0 saturated heterocycles. The van der Waals surface area contributed by atoms with E-state index in [4.69, 9.17) is 0 Å². The predicted molar refractivity (Wildman–Crippen MR) is 135 cm³/mol. The maximum Gasteiger partial charge on any atom is 0.252 e. The van der Waals surface area contributed by atoms with E-state index in [0.29, 0.717) is 17.7 Å². The zero-order chi connectivity index (χ0) is 23.2. The summed E-state index contributed by atoms with van der Waals surface area (Å²) in [6.45, 7) is 1.89. The Morgan fingerprint density at radius 2 is 1.76 bits per heavy atom. The fourth-order valence-corrected chi connectivity index (χ4v) is 3.99. The van der Waals surface area contributed by atoms with Crippen LogP contribution in [0.3, 0.4) is 0 Å². The monoisotopic (exact) mass is 444 g/mol. The van der Waals surface area contributed by atoms with Gasteiger partial charge in [0.2, 0.25) is 5.91 Å². The van der Waals surface area contributed by atoms with Crippen molar-refractivity contribution in [1.82, 2.24) is 15.1 Å². The highest BCUT2D eigenvalue weighted by molar-refractivity contribution is 6.05. The van der Waals surface area contributed by atoms with Crippen molar-refractivity contribution in [1.29, 1.82) is 0 Å². The Kier molecular flexibility index (Phi) is 6.83. The van der Waals surface area contributed by atoms with E-state index in [1.807, 2.05) is 68.6 Å². The van der Waals surface area contributed by atoms with Crippen molar-refractivity contribution >= 4 is 28.4 Å². The molecule has 33 heavy (non-hydrogen) atoms. The van der Waals surface area contributed by atoms with Gasteiger partial charge in [0.25, 0.3) is 5.91 Å². The first-order chi connectivity index (χ1) is 16.0. The van der Waals surface area contributed by atoms with Crippen LogP contribution in [-0.2, 0) is 18.3 Å². The van der Waals surface area contributed by atoms with Crippen molar-refractivity contribution in [3.63, 3.8) is 0 Å². The molecule has 6 heteroatoms. The highest BCUT2D eigenvalue weighted by Crippen LogP contribution is 2.23. The molecule has 0 aliphatic carbocycles. The van der Waals surface area contributed by atoms with Gasteiger partial charge in [0.1, 0.15) is 6.04 Å². The Morgan fingerprint density at radius 3 is 2.55 bits per heavy atom. The molecule has 0 spiro atoms. The number of anilines is 1. The molecule has 0 bridgehead atoms. The summed E-state index contributed by atoms with van der Waals surface area (Å²) in [7, 11) is 1.86. The largest absolute Gasteiger partial charge is 0.340 e. The summed E-state index contributed by atoms with van der Waals surface area (Å²) in [6, 6.07) is 22.6. The number of nitrogens with one attached hydrogen (secondary N) is 2. The molecule has 0 radical (unpaired) electrons. The summed E-state index contributed by atoms with van der Waals surface area (Å²) in [5, 5.41) is 11.1. The van der Waals surface area contributed by atoms with E-state index in [-0.39, 0.29) is 14.7 Å². The van der Waals surface area contributed by atoms with Crippen LogP contribution in [0.15, 0.2) is 79.0 Å². The number of rotatable bonds is 8. The first kappa shape index (κ1) is 22.3. The molecule has 0 saturated carbocycles. The summed E-state index contributed by atoms with van der Waals surface area (Å²) < 4.78 is 1.77. The lowest BCUT2D eigenvalue weighted by Crippen LogP contribution is -2.44. The van der Waals surface area contributed by atoms with Gasteiger partial charge >= 0.3 is 0 Å². The van der Waals surface area contributed by atoms with E-state index in [1.54, 1.807) is 16.9 Å². The van der Waals surface area contributed by atoms with E-state index < -0.39 is 6.04 Å². The smallest absolute Gasteiger partial charge is 0.252 e. The number of amides is 2. The highest BCUT2D eigenvalue weighted by atomic mass is 16.2. The quantitative estimate of drug-likeness (QED) is 0.395. The van der Waals surface area contributed by atoms with Crippen LogP contribution < -0.4 is 10.6 Å². The maximum absolute atomic E-state index is 13.3. The Morgan fingerprint density at radius 1 is 1.00 bits per heavy atom. The van der Waals surface area contributed by atoms with Crippen LogP contribution in [0.25, 0.3) is 10.9 Å². The topological polar surface area (TPSA) is 76.0 Å². The number of hydrogen-bond donors (Lipinski definition) is 2. The van der Waals surface area contributed by atoms with Gasteiger partial charge in [-0.05, 0) is 55.5 Å². The number of carbonyl (C=O) groups excluding carboxylic acids is 2. The Balaban J connectivity index is 0.00000216. The number of hydrogen-bond acceptors (Lipinski definition) is 3. The third-order valence-electron chi connectivity index (χ3n) is 5.86. The molecule has 2 N–H and O–H groups in total. The van der Waals surface area contributed by atoms with Gasteiger partial charge in [-0.15, -0.1) is 0 Å². The minimum absolute atomic E-state index is 0. The Labute approximate surface area is 196 Å². The molecule has 3 aromatic carbocycles. The lowest BCUT2D eigenvalue weighted by molar-refractivity contribution is -0.118. The van der Waals surface area contributed by atoms with Gasteiger partial charge in [-0.1, -0.05) is 54.6 Å². The average Bonchev–Trinajstić information content (AvgIpc) is 3.21. The third kappa shape index (κ3) is 5.29.